The number of aromatic carboxylic acids is 1. The van der Waals surface area contributed by atoms with Crippen molar-refractivity contribution in [3.63, 3.8) is 0 Å². The minimum absolute atomic E-state index is 0.0580. The lowest BCUT2D eigenvalue weighted by Gasteiger charge is -2.14. The Bertz CT molecular complexity index is 1030. The van der Waals surface area contributed by atoms with Crippen molar-refractivity contribution in [2.75, 3.05) is 11.9 Å². The Morgan fingerprint density at radius 3 is 2.71 bits per heavy atom. The Morgan fingerprint density at radius 1 is 1.29 bits per heavy atom. The Balaban J connectivity index is 2.01. The number of hydrogen-bond donors (Lipinski definition) is 1. The van der Waals surface area contributed by atoms with Crippen molar-refractivity contribution in [2.24, 2.45) is 0 Å². The van der Waals surface area contributed by atoms with Crippen molar-refractivity contribution in [1.82, 2.24) is 4.98 Å². The van der Waals surface area contributed by atoms with E-state index in [9.17, 15) is 18.8 Å². The summed E-state index contributed by atoms with van der Waals surface area (Å²) in [6.45, 7) is 0. The van der Waals surface area contributed by atoms with Crippen molar-refractivity contribution < 1.29 is 23.5 Å². The van der Waals surface area contributed by atoms with Crippen LogP contribution >= 0.6 is 11.3 Å². The number of rotatable bonds is 3. The minimum Gasteiger partial charge on any atom is -0.477 e. The number of fused-ring (bicyclic) bond motifs is 1. The molecule has 0 aliphatic rings. The van der Waals surface area contributed by atoms with E-state index in [1.165, 1.54) is 30.3 Å². The van der Waals surface area contributed by atoms with E-state index in [1.54, 1.807) is 0 Å². The van der Waals surface area contributed by atoms with Gasteiger partial charge in [-0.05, 0) is 12.1 Å². The van der Waals surface area contributed by atoms with Crippen molar-refractivity contribution in [3.8, 4) is 0 Å². The van der Waals surface area contributed by atoms with E-state index in [0.717, 1.165) is 23.6 Å². The molecule has 0 saturated carbocycles. The van der Waals surface area contributed by atoms with Crippen molar-refractivity contribution >= 4 is 38.5 Å². The monoisotopic (exact) mass is 348 g/mol. The molecule has 0 fully saturated rings. The quantitative estimate of drug-likeness (QED) is 0.780. The molecule has 0 saturated heterocycles. The number of aromatic nitrogens is 1. The molecule has 0 atom stereocenters. The molecular weight excluding hydrogens is 339 g/mol. The number of nitrogens with zero attached hydrogens (tertiary/aromatic N) is 2. The van der Waals surface area contributed by atoms with Crippen LogP contribution in [0.3, 0.4) is 0 Å². The lowest BCUT2D eigenvalue weighted by atomic mass is 10.2. The number of anilines is 1. The van der Waals surface area contributed by atoms with Crippen LogP contribution in [0.2, 0.25) is 0 Å². The molecule has 0 aromatic carbocycles. The minimum atomic E-state index is -1.39. The van der Waals surface area contributed by atoms with Crippen LogP contribution in [0.15, 0.2) is 39.8 Å². The fraction of sp³-hybridized carbons (Fsp3) is 0.0667. The van der Waals surface area contributed by atoms with E-state index >= 15 is 0 Å². The van der Waals surface area contributed by atoms with Crippen LogP contribution in [0.5, 0.6) is 0 Å². The summed E-state index contributed by atoms with van der Waals surface area (Å²) >= 11 is 1.07. The van der Waals surface area contributed by atoms with Gasteiger partial charge in [0.1, 0.15) is 16.4 Å². The van der Waals surface area contributed by atoms with Gasteiger partial charge in [0.15, 0.2) is 5.58 Å². The summed E-state index contributed by atoms with van der Waals surface area (Å²) in [6, 6.07) is 3.69. The Hall–Kier alpha value is -3.07. The zero-order valence-electron chi connectivity index (χ0n) is 12.1. The third-order valence-corrected chi connectivity index (χ3v) is 4.37. The second-order valence-corrected chi connectivity index (χ2v) is 5.88. The first-order valence-corrected chi connectivity index (χ1v) is 7.38. The van der Waals surface area contributed by atoms with Crippen LogP contribution < -0.4 is 10.5 Å². The Kier molecular flexibility index (Phi) is 3.86. The molecule has 3 aromatic heterocycles. The molecular formula is C15H9FN2O5S. The number of pyridine rings is 1. The summed E-state index contributed by atoms with van der Waals surface area (Å²) in [6.07, 6.45) is 2.22. The van der Waals surface area contributed by atoms with Crippen LogP contribution in [-0.4, -0.2) is 29.0 Å². The highest BCUT2D eigenvalue weighted by atomic mass is 32.1. The fourth-order valence-electron chi connectivity index (χ4n) is 2.04. The summed E-state index contributed by atoms with van der Waals surface area (Å²) < 4.78 is 18.5. The second-order valence-electron chi connectivity index (χ2n) is 4.82. The summed E-state index contributed by atoms with van der Waals surface area (Å²) in [5.74, 6) is -2.53. The van der Waals surface area contributed by atoms with Gasteiger partial charge in [0, 0.05) is 19.3 Å². The lowest BCUT2D eigenvalue weighted by Crippen LogP contribution is -2.25. The molecule has 1 amide bonds. The number of carbonyl (C=O) groups is 2. The first-order chi connectivity index (χ1) is 11.4. The molecule has 3 heterocycles. The predicted molar refractivity (Wildman–Crippen MR) is 84.2 cm³/mol. The van der Waals surface area contributed by atoms with Gasteiger partial charge in [-0.15, -0.1) is 11.3 Å². The van der Waals surface area contributed by atoms with Crippen molar-refractivity contribution in [1.29, 1.82) is 0 Å². The average molecular weight is 348 g/mol. The van der Waals surface area contributed by atoms with Crippen molar-refractivity contribution in [3.05, 3.63) is 58.0 Å². The van der Waals surface area contributed by atoms with Gasteiger partial charge in [0.05, 0.1) is 16.5 Å². The molecule has 9 heteroatoms. The van der Waals surface area contributed by atoms with E-state index in [2.05, 4.69) is 4.98 Å². The first-order valence-electron chi connectivity index (χ1n) is 6.56. The molecule has 122 valence electrons. The van der Waals surface area contributed by atoms with E-state index in [4.69, 9.17) is 9.52 Å². The lowest BCUT2D eigenvalue weighted by molar-refractivity contribution is 0.0692. The molecule has 0 aliphatic heterocycles. The van der Waals surface area contributed by atoms with Gasteiger partial charge in [0.25, 0.3) is 5.91 Å². The van der Waals surface area contributed by atoms with Crippen LogP contribution in [0.4, 0.5) is 9.39 Å². The third-order valence-electron chi connectivity index (χ3n) is 3.23. The van der Waals surface area contributed by atoms with E-state index < -0.39 is 28.9 Å². The highest BCUT2D eigenvalue weighted by Crippen LogP contribution is 2.32. The summed E-state index contributed by atoms with van der Waals surface area (Å²) in [5, 5.41) is 9.35. The second kappa shape index (κ2) is 5.85. The van der Waals surface area contributed by atoms with Gasteiger partial charge < -0.3 is 14.4 Å². The molecule has 0 radical (unpaired) electrons. The van der Waals surface area contributed by atoms with Crippen LogP contribution in [-0.2, 0) is 0 Å². The number of halogens is 1. The predicted octanol–water partition coefficient (Wildman–Crippen LogP) is 2.36. The molecule has 0 aliphatic carbocycles. The maximum Gasteiger partial charge on any atom is 0.351 e. The number of carboxylic acid groups (broad SMARTS) is 1. The molecule has 1 N–H and O–H groups in total. The number of carboxylic acids is 1. The number of hydrogen-bond acceptors (Lipinski definition) is 6. The van der Waals surface area contributed by atoms with E-state index in [1.807, 2.05) is 0 Å². The normalized spacial score (nSPS) is 10.8. The maximum atomic E-state index is 13.2. The molecule has 3 aromatic rings. The van der Waals surface area contributed by atoms with Gasteiger partial charge in [-0.25, -0.2) is 14.0 Å². The molecule has 3 rings (SSSR count). The Labute approximate surface area is 137 Å². The topological polar surface area (TPSA) is 101 Å². The zero-order valence-corrected chi connectivity index (χ0v) is 13.0. The number of amides is 1. The summed E-state index contributed by atoms with van der Waals surface area (Å²) in [4.78, 5) is 39.8. The first kappa shape index (κ1) is 15.8. The van der Waals surface area contributed by atoms with Gasteiger partial charge in [0.2, 0.25) is 0 Å². The smallest absolute Gasteiger partial charge is 0.351 e. The number of thiophene rings is 1. The molecule has 0 bridgehead atoms. The van der Waals surface area contributed by atoms with Crippen LogP contribution in [0.25, 0.3) is 10.3 Å². The average Bonchev–Trinajstić information content (AvgIpc) is 2.95. The van der Waals surface area contributed by atoms with Gasteiger partial charge in [-0.3, -0.25) is 9.78 Å². The third kappa shape index (κ3) is 2.76. The zero-order chi connectivity index (χ0) is 17.4. The van der Waals surface area contributed by atoms with Gasteiger partial charge >= 0.3 is 11.6 Å². The van der Waals surface area contributed by atoms with Gasteiger partial charge in [-0.2, -0.15) is 0 Å². The maximum absolute atomic E-state index is 13.2. The molecule has 0 unspecified atom stereocenters. The fourth-order valence-corrected chi connectivity index (χ4v) is 3.03. The van der Waals surface area contributed by atoms with E-state index in [0.29, 0.717) is 9.70 Å². The Morgan fingerprint density at radius 2 is 2.04 bits per heavy atom. The highest BCUT2D eigenvalue weighted by molar-refractivity contribution is 7.22. The molecule has 24 heavy (non-hydrogen) atoms. The molecule has 7 nitrogen and oxygen atoms in total. The largest absolute Gasteiger partial charge is 0.477 e. The van der Waals surface area contributed by atoms with E-state index in [-0.39, 0.29) is 11.1 Å². The van der Waals surface area contributed by atoms with Gasteiger partial charge in [-0.1, -0.05) is 0 Å². The van der Waals surface area contributed by atoms with Crippen LogP contribution in [0, 0.1) is 5.82 Å². The number of carbonyl (C=O) groups excluding carboxylic acids is 1. The summed E-state index contributed by atoms with van der Waals surface area (Å²) in [7, 11) is 1.47. The highest BCUT2D eigenvalue weighted by Gasteiger charge is 2.19. The molecule has 0 spiro atoms. The van der Waals surface area contributed by atoms with Crippen molar-refractivity contribution in [2.45, 2.75) is 0 Å². The summed E-state index contributed by atoms with van der Waals surface area (Å²) in [5.41, 5.74) is -1.23. The van der Waals surface area contributed by atoms with Crippen LogP contribution in [0.1, 0.15) is 20.7 Å². The SMILES string of the molecule is CN(C(=O)c1cncc(F)c1)c1cc2oc(=O)c(C(=O)O)cc2s1. The standard InChI is InChI=1S/C15H9FN2O5S/c1-18(13(19)7-2-8(16)6-17-5-7)12-4-10-11(24-12)3-9(14(20)21)15(22)23-10/h2-6H,1H3,(H,20,21).